The van der Waals surface area contributed by atoms with Crippen molar-refractivity contribution < 1.29 is 18.0 Å². The Kier molecular flexibility index (Phi) is 7.00. The van der Waals surface area contributed by atoms with Gasteiger partial charge in [-0.05, 0) is 36.4 Å². The van der Waals surface area contributed by atoms with Crippen LogP contribution in [-0.4, -0.2) is 73.2 Å². The quantitative estimate of drug-likeness (QED) is 0.712. The molecule has 31 heavy (non-hydrogen) atoms. The van der Waals surface area contributed by atoms with Crippen LogP contribution in [0.2, 0.25) is 0 Å². The van der Waals surface area contributed by atoms with E-state index in [9.17, 15) is 18.0 Å². The summed E-state index contributed by atoms with van der Waals surface area (Å²) in [6.45, 7) is 2.05. The molecule has 1 N–H and O–H groups in total. The molecule has 3 heterocycles. The maximum Gasteiger partial charge on any atom is 0.262 e. The van der Waals surface area contributed by atoms with Gasteiger partial charge in [0.25, 0.3) is 11.8 Å². The molecule has 1 aromatic carbocycles. The molecule has 10 heteroatoms. The first-order valence-corrected chi connectivity index (χ1v) is 13.7. The van der Waals surface area contributed by atoms with E-state index in [4.69, 9.17) is 0 Å². The molecule has 1 aromatic heterocycles. The number of rotatable bonds is 5. The van der Waals surface area contributed by atoms with Crippen molar-refractivity contribution >= 4 is 44.9 Å². The van der Waals surface area contributed by atoms with Crippen LogP contribution in [0, 0.1) is 0 Å². The van der Waals surface area contributed by atoms with Crippen LogP contribution < -0.4 is 5.32 Å². The van der Waals surface area contributed by atoms with Gasteiger partial charge in [-0.2, -0.15) is 16.1 Å². The number of hydrogen-bond acceptors (Lipinski definition) is 6. The number of carbonyl (C=O) groups excluding carboxylic acids is 2. The summed E-state index contributed by atoms with van der Waals surface area (Å²) >= 11 is 2.89. The molecule has 0 aliphatic carbocycles. The highest BCUT2D eigenvalue weighted by molar-refractivity contribution is 7.99. The Hall–Kier alpha value is -1.88. The van der Waals surface area contributed by atoms with Crippen molar-refractivity contribution in [2.75, 3.05) is 37.7 Å². The summed E-state index contributed by atoms with van der Waals surface area (Å²) in [6.07, 6.45) is 1.28. The zero-order chi connectivity index (χ0) is 21.8. The molecular formula is C21H25N3O4S3. The summed E-state index contributed by atoms with van der Waals surface area (Å²) in [7, 11) is -3.67. The lowest BCUT2D eigenvalue weighted by atomic mass is 10.0. The molecule has 2 fully saturated rings. The molecule has 2 saturated heterocycles. The van der Waals surface area contributed by atoms with Gasteiger partial charge in [-0.15, -0.1) is 11.3 Å². The van der Waals surface area contributed by atoms with Gasteiger partial charge in [0.15, 0.2) is 0 Å². The average molecular weight is 480 g/mol. The van der Waals surface area contributed by atoms with Crippen LogP contribution in [0.25, 0.3) is 0 Å². The standard InChI is InChI=1S/C21H25N3O4S3/c25-20(19-18(8-13-30-19)31(27,28)24-11-14-29-15-12-24)22-17-6-9-23(10-7-17)21(26)16-4-2-1-3-5-16/h1-5,8,13,17H,6-7,9-12,14-15H2,(H,22,25). The summed E-state index contributed by atoms with van der Waals surface area (Å²) < 4.78 is 27.5. The summed E-state index contributed by atoms with van der Waals surface area (Å²) in [5, 5.41) is 4.64. The van der Waals surface area contributed by atoms with E-state index >= 15 is 0 Å². The molecule has 0 bridgehead atoms. The number of nitrogens with zero attached hydrogens (tertiary/aromatic N) is 2. The van der Waals surface area contributed by atoms with Crippen molar-refractivity contribution in [1.82, 2.24) is 14.5 Å². The number of thioether (sulfide) groups is 1. The van der Waals surface area contributed by atoms with Crippen molar-refractivity contribution in [2.24, 2.45) is 0 Å². The molecule has 0 radical (unpaired) electrons. The Labute approximate surface area is 190 Å². The van der Waals surface area contributed by atoms with Gasteiger partial charge in [0.05, 0.1) is 0 Å². The second-order valence-electron chi connectivity index (χ2n) is 7.54. The maximum atomic E-state index is 13.0. The van der Waals surface area contributed by atoms with Crippen LogP contribution in [-0.2, 0) is 10.0 Å². The number of benzene rings is 1. The summed E-state index contributed by atoms with van der Waals surface area (Å²) in [5.41, 5.74) is 0.662. The molecular weight excluding hydrogens is 454 g/mol. The molecule has 2 aliphatic rings. The number of thiophene rings is 1. The maximum absolute atomic E-state index is 13.0. The Morgan fingerprint density at radius 2 is 1.65 bits per heavy atom. The Morgan fingerprint density at radius 3 is 2.32 bits per heavy atom. The van der Waals surface area contributed by atoms with Crippen molar-refractivity contribution in [2.45, 2.75) is 23.8 Å². The van der Waals surface area contributed by atoms with Crippen molar-refractivity contribution in [3.05, 3.63) is 52.2 Å². The van der Waals surface area contributed by atoms with Gasteiger partial charge in [-0.3, -0.25) is 9.59 Å². The molecule has 0 atom stereocenters. The number of amides is 2. The summed E-state index contributed by atoms with van der Waals surface area (Å²) in [4.78, 5) is 27.6. The third-order valence-corrected chi connectivity index (χ3v) is 9.49. The van der Waals surface area contributed by atoms with Gasteiger partial charge >= 0.3 is 0 Å². The van der Waals surface area contributed by atoms with E-state index in [2.05, 4.69) is 5.32 Å². The van der Waals surface area contributed by atoms with Gasteiger partial charge in [0.2, 0.25) is 10.0 Å². The van der Waals surface area contributed by atoms with Gasteiger partial charge in [-0.25, -0.2) is 8.42 Å². The number of sulfonamides is 1. The molecule has 166 valence electrons. The van der Waals surface area contributed by atoms with Crippen molar-refractivity contribution in [3.63, 3.8) is 0 Å². The third-order valence-electron chi connectivity index (χ3n) is 5.56. The smallest absolute Gasteiger partial charge is 0.262 e. The largest absolute Gasteiger partial charge is 0.348 e. The highest BCUT2D eigenvalue weighted by Gasteiger charge is 2.32. The van der Waals surface area contributed by atoms with E-state index in [1.54, 1.807) is 34.2 Å². The fourth-order valence-corrected chi connectivity index (χ4v) is 7.71. The average Bonchev–Trinajstić information content (AvgIpc) is 3.31. The fraction of sp³-hybridized carbons (Fsp3) is 0.429. The van der Waals surface area contributed by atoms with Gasteiger partial charge in [0.1, 0.15) is 9.77 Å². The number of nitrogens with one attached hydrogen (secondary N) is 1. The lowest BCUT2D eigenvalue weighted by Gasteiger charge is -2.32. The number of piperidine rings is 1. The first-order chi connectivity index (χ1) is 15.0. The predicted molar refractivity (Wildman–Crippen MR) is 123 cm³/mol. The van der Waals surface area contributed by atoms with E-state index in [0.29, 0.717) is 44.6 Å². The lowest BCUT2D eigenvalue weighted by molar-refractivity contribution is 0.0698. The van der Waals surface area contributed by atoms with Gasteiger partial charge < -0.3 is 10.2 Å². The Balaban J connectivity index is 1.37. The SMILES string of the molecule is O=C(NC1CCN(C(=O)c2ccccc2)CC1)c1sccc1S(=O)(=O)N1CCSCC1. The minimum Gasteiger partial charge on any atom is -0.348 e. The van der Waals surface area contributed by atoms with Crippen LogP contribution in [0.3, 0.4) is 0 Å². The number of carbonyl (C=O) groups is 2. The Morgan fingerprint density at radius 1 is 0.968 bits per heavy atom. The minimum atomic E-state index is -3.67. The molecule has 2 aliphatic heterocycles. The minimum absolute atomic E-state index is 0.00305. The normalized spacial score (nSPS) is 18.6. The van der Waals surface area contributed by atoms with Gasteiger partial charge in [-0.1, -0.05) is 18.2 Å². The predicted octanol–water partition coefficient (Wildman–Crippen LogP) is 2.52. The molecule has 2 amide bonds. The molecule has 4 rings (SSSR count). The second kappa shape index (κ2) is 9.72. The van der Waals surface area contributed by atoms with E-state index in [1.165, 1.54) is 10.4 Å². The van der Waals surface area contributed by atoms with Crippen LogP contribution in [0.5, 0.6) is 0 Å². The molecule has 0 unspecified atom stereocenters. The van der Waals surface area contributed by atoms with Crippen LogP contribution in [0.15, 0.2) is 46.7 Å². The van der Waals surface area contributed by atoms with E-state index in [0.717, 1.165) is 22.8 Å². The lowest BCUT2D eigenvalue weighted by Crippen LogP contribution is -2.46. The second-order valence-corrected chi connectivity index (χ2v) is 11.6. The van der Waals surface area contributed by atoms with Crippen LogP contribution in [0.1, 0.15) is 32.9 Å². The number of hydrogen-bond donors (Lipinski definition) is 1. The third kappa shape index (κ3) is 4.97. The van der Waals surface area contributed by atoms with Crippen LogP contribution in [0.4, 0.5) is 0 Å². The molecule has 0 spiro atoms. The van der Waals surface area contributed by atoms with E-state index in [1.807, 2.05) is 18.2 Å². The zero-order valence-corrected chi connectivity index (χ0v) is 19.5. The first kappa shape index (κ1) is 22.3. The summed E-state index contributed by atoms with van der Waals surface area (Å²) in [5.74, 6) is 1.18. The van der Waals surface area contributed by atoms with Gasteiger partial charge in [0, 0.05) is 49.3 Å². The van der Waals surface area contributed by atoms with E-state index in [-0.39, 0.29) is 27.6 Å². The molecule has 7 nitrogen and oxygen atoms in total. The summed E-state index contributed by atoms with van der Waals surface area (Å²) in [6, 6.07) is 10.6. The van der Waals surface area contributed by atoms with Crippen LogP contribution >= 0.6 is 23.1 Å². The highest BCUT2D eigenvalue weighted by atomic mass is 32.2. The first-order valence-electron chi connectivity index (χ1n) is 10.3. The number of likely N-dealkylation sites (tertiary alicyclic amines) is 1. The monoisotopic (exact) mass is 479 g/mol. The highest BCUT2D eigenvalue weighted by Crippen LogP contribution is 2.27. The van der Waals surface area contributed by atoms with E-state index < -0.39 is 10.0 Å². The molecule has 0 saturated carbocycles. The topological polar surface area (TPSA) is 86.8 Å². The van der Waals surface area contributed by atoms with Crippen molar-refractivity contribution in [3.8, 4) is 0 Å². The van der Waals surface area contributed by atoms with Crippen molar-refractivity contribution in [1.29, 1.82) is 0 Å². The molecule has 2 aromatic rings. The zero-order valence-electron chi connectivity index (χ0n) is 17.0. The fourth-order valence-electron chi connectivity index (χ4n) is 3.83. The Bertz CT molecular complexity index is 1030.